The quantitative estimate of drug-likeness (QED) is 0.646. The van der Waals surface area contributed by atoms with Gasteiger partial charge in [0.1, 0.15) is 16.4 Å². The Hall–Kier alpha value is -1.96. The Morgan fingerprint density at radius 2 is 1.77 bits per heavy atom. The maximum absolute atomic E-state index is 12.7. The van der Waals surface area contributed by atoms with Crippen molar-refractivity contribution in [2.45, 2.75) is 19.3 Å². The van der Waals surface area contributed by atoms with Gasteiger partial charge in [0.15, 0.2) is 5.65 Å². The van der Waals surface area contributed by atoms with Crippen LogP contribution in [0.4, 0.5) is 5.95 Å². The zero-order valence-corrected chi connectivity index (χ0v) is 16.0. The number of rotatable bonds is 2. The number of hydrogen-bond donors (Lipinski definition) is 1. The molecule has 6 nitrogen and oxygen atoms in total. The Bertz CT molecular complexity index is 1080. The molecule has 4 rings (SSSR count). The molecule has 26 heavy (non-hydrogen) atoms. The number of hydrogen-bond acceptors (Lipinski definition) is 5. The zero-order valence-electron chi connectivity index (χ0n) is 13.7. The van der Waals surface area contributed by atoms with Crippen molar-refractivity contribution in [2.24, 2.45) is 0 Å². The predicted octanol–water partition coefficient (Wildman–Crippen LogP) is 4.14. The molecule has 1 aromatic carbocycles. The van der Waals surface area contributed by atoms with Gasteiger partial charge in [-0.2, -0.15) is 4.98 Å². The van der Waals surface area contributed by atoms with Gasteiger partial charge in [0, 0.05) is 23.1 Å². The van der Waals surface area contributed by atoms with E-state index in [1.165, 1.54) is 6.42 Å². The summed E-state index contributed by atoms with van der Waals surface area (Å²) in [4.78, 5) is 26.5. The summed E-state index contributed by atoms with van der Waals surface area (Å²) < 4.78 is 1.92. The molecule has 2 aromatic heterocycles. The van der Waals surface area contributed by atoms with Crippen molar-refractivity contribution in [3.8, 4) is 5.69 Å². The van der Waals surface area contributed by atoms with Crippen molar-refractivity contribution >= 4 is 52.4 Å². The summed E-state index contributed by atoms with van der Waals surface area (Å²) in [5, 5.41) is 1.23. The van der Waals surface area contributed by atoms with Crippen LogP contribution < -0.4 is 10.5 Å². The molecule has 0 unspecified atom stereocenters. The SMILES string of the molecule is O=c1[nH]c(N2CCCCC2)nc2ncn(-c3cc(Cl)cc(Cl)c3)c(=S)c12. The van der Waals surface area contributed by atoms with Crippen LogP contribution in [0.3, 0.4) is 0 Å². The Kier molecular flexibility index (Phi) is 4.69. The number of aromatic nitrogens is 4. The van der Waals surface area contributed by atoms with E-state index in [-0.39, 0.29) is 10.9 Å². The van der Waals surface area contributed by atoms with E-state index in [1.54, 1.807) is 29.1 Å². The second-order valence-electron chi connectivity index (χ2n) is 6.18. The van der Waals surface area contributed by atoms with E-state index in [1.807, 2.05) is 0 Å². The first-order valence-corrected chi connectivity index (χ1v) is 9.42. The van der Waals surface area contributed by atoms with E-state index in [9.17, 15) is 4.79 Å². The first-order valence-electron chi connectivity index (χ1n) is 8.26. The molecule has 1 aliphatic heterocycles. The van der Waals surface area contributed by atoms with Crippen LogP contribution in [-0.4, -0.2) is 32.6 Å². The standard InChI is InChI=1S/C17H15Cl2N5OS/c18-10-6-11(19)8-12(7-10)24-9-20-14-13(16(24)26)15(25)22-17(21-14)23-4-2-1-3-5-23/h6-9H,1-5H2,(H,21,22,25). The van der Waals surface area contributed by atoms with Gasteiger partial charge in [0.25, 0.3) is 5.56 Å². The topological polar surface area (TPSA) is 66.8 Å². The lowest BCUT2D eigenvalue weighted by molar-refractivity contribution is 0.568. The molecule has 1 saturated heterocycles. The smallest absolute Gasteiger partial charge is 0.264 e. The maximum Gasteiger partial charge on any atom is 0.264 e. The van der Waals surface area contributed by atoms with Crippen LogP contribution in [0.15, 0.2) is 29.3 Å². The molecular weight excluding hydrogens is 393 g/mol. The number of aromatic amines is 1. The van der Waals surface area contributed by atoms with E-state index in [0.29, 0.717) is 32.0 Å². The zero-order chi connectivity index (χ0) is 18.3. The van der Waals surface area contributed by atoms with Crippen LogP contribution in [-0.2, 0) is 0 Å². The van der Waals surface area contributed by atoms with Gasteiger partial charge in [0.2, 0.25) is 5.95 Å². The summed E-state index contributed by atoms with van der Waals surface area (Å²) in [6.45, 7) is 1.76. The molecule has 1 fully saturated rings. The molecule has 0 atom stereocenters. The number of nitrogens with one attached hydrogen (secondary N) is 1. The van der Waals surface area contributed by atoms with Crippen molar-refractivity contribution in [3.05, 3.63) is 49.6 Å². The van der Waals surface area contributed by atoms with Crippen LogP contribution in [0, 0.1) is 4.64 Å². The predicted molar refractivity (Wildman–Crippen MR) is 106 cm³/mol. The molecular formula is C17H15Cl2N5OS. The molecule has 1 N–H and O–H groups in total. The Morgan fingerprint density at radius 1 is 1.08 bits per heavy atom. The number of H-pyrrole nitrogens is 1. The summed E-state index contributed by atoms with van der Waals surface area (Å²) >= 11 is 17.7. The molecule has 9 heteroatoms. The minimum absolute atomic E-state index is 0.277. The Morgan fingerprint density at radius 3 is 2.46 bits per heavy atom. The van der Waals surface area contributed by atoms with Gasteiger partial charge in [-0.3, -0.25) is 14.3 Å². The highest BCUT2D eigenvalue weighted by Gasteiger charge is 2.16. The summed E-state index contributed by atoms with van der Waals surface area (Å²) in [6, 6.07) is 5.05. The summed E-state index contributed by atoms with van der Waals surface area (Å²) in [7, 11) is 0. The number of halogens is 2. The molecule has 0 saturated carbocycles. The summed E-state index contributed by atoms with van der Waals surface area (Å²) in [5.74, 6) is 0.549. The fourth-order valence-electron chi connectivity index (χ4n) is 3.14. The van der Waals surface area contributed by atoms with Gasteiger partial charge < -0.3 is 4.90 Å². The third-order valence-corrected chi connectivity index (χ3v) is 5.23. The lowest BCUT2D eigenvalue weighted by Crippen LogP contribution is -2.32. The second-order valence-corrected chi connectivity index (χ2v) is 7.44. The highest BCUT2D eigenvalue weighted by atomic mass is 35.5. The van der Waals surface area contributed by atoms with E-state index in [0.717, 1.165) is 25.9 Å². The number of piperidine rings is 1. The molecule has 0 spiro atoms. The highest BCUT2D eigenvalue weighted by Crippen LogP contribution is 2.23. The first kappa shape index (κ1) is 17.5. The third kappa shape index (κ3) is 3.22. The first-order chi connectivity index (χ1) is 12.5. The average molecular weight is 408 g/mol. The summed E-state index contributed by atoms with van der Waals surface area (Å²) in [6.07, 6.45) is 4.92. The van der Waals surface area contributed by atoms with Crippen molar-refractivity contribution in [1.82, 2.24) is 19.5 Å². The van der Waals surface area contributed by atoms with Gasteiger partial charge in [-0.05, 0) is 37.5 Å². The largest absolute Gasteiger partial charge is 0.342 e. The summed E-state index contributed by atoms with van der Waals surface area (Å²) in [5.41, 5.74) is 0.681. The lowest BCUT2D eigenvalue weighted by atomic mass is 10.1. The molecule has 0 bridgehead atoms. The monoisotopic (exact) mass is 407 g/mol. The molecule has 3 heterocycles. The molecule has 3 aromatic rings. The van der Waals surface area contributed by atoms with Crippen molar-refractivity contribution in [3.63, 3.8) is 0 Å². The number of anilines is 1. The Labute approximate surface area is 164 Å². The van der Waals surface area contributed by atoms with Gasteiger partial charge in [-0.25, -0.2) is 4.98 Å². The van der Waals surface area contributed by atoms with Crippen molar-refractivity contribution < 1.29 is 0 Å². The third-order valence-electron chi connectivity index (χ3n) is 4.40. The van der Waals surface area contributed by atoms with Gasteiger partial charge >= 0.3 is 0 Å². The Balaban J connectivity index is 1.87. The van der Waals surface area contributed by atoms with Crippen LogP contribution in [0.1, 0.15) is 19.3 Å². The minimum atomic E-state index is -0.296. The van der Waals surface area contributed by atoms with Crippen LogP contribution in [0.5, 0.6) is 0 Å². The molecule has 1 aliphatic rings. The fourth-order valence-corrected chi connectivity index (χ4v) is 3.99. The molecule has 0 amide bonds. The number of fused-ring (bicyclic) bond motifs is 1. The van der Waals surface area contributed by atoms with E-state index >= 15 is 0 Å². The van der Waals surface area contributed by atoms with E-state index in [4.69, 9.17) is 35.4 Å². The van der Waals surface area contributed by atoms with E-state index in [2.05, 4.69) is 19.9 Å². The molecule has 0 radical (unpaired) electrons. The van der Waals surface area contributed by atoms with Gasteiger partial charge in [-0.15, -0.1) is 0 Å². The molecule has 134 valence electrons. The minimum Gasteiger partial charge on any atom is -0.342 e. The van der Waals surface area contributed by atoms with Crippen molar-refractivity contribution in [2.75, 3.05) is 18.0 Å². The normalized spacial score (nSPS) is 14.8. The van der Waals surface area contributed by atoms with Gasteiger partial charge in [0.05, 0.1) is 5.69 Å². The van der Waals surface area contributed by atoms with Crippen LogP contribution in [0.2, 0.25) is 10.0 Å². The van der Waals surface area contributed by atoms with Crippen molar-refractivity contribution in [1.29, 1.82) is 0 Å². The van der Waals surface area contributed by atoms with E-state index < -0.39 is 0 Å². The molecule has 0 aliphatic carbocycles. The fraction of sp³-hybridized carbons (Fsp3) is 0.294. The average Bonchev–Trinajstić information content (AvgIpc) is 2.61. The van der Waals surface area contributed by atoms with Gasteiger partial charge in [-0.1, -0.05) is 35.4 Å². The highest BCUT2D eigenvalue weighted by molar-refractivity contribution is 7.71. The maximum atomic E-state index is 12.7. The second kappa shape index (κ2) is 6.98. The number of benzene rings is 1. The number of nitrogens with zero attached hydrogens (tertiary/aromatic N) is 4. The lowest BCUT2D eigenvalue weighted by Gasteiger charge is -2.26. The van der Waals surface area contributed by atoms with Crippen LogP contribution >= 0.6 is 35.4 Å². The van der Waals surface area contributed by atoms with Crippen LogP contribution in [0.25, 0.3) is 16.7 Å².